The van der Waals surface area contributed by atoms with Crippen LogP contribution in [0.1, 0.15) is 47.2 Å². The summed E-state index contributed by atoms with van der Waals surface area (Å²) < 4.78 is 39.7. The Hall–Kier alpha value is -3.44. The number of likely N-dealkylation sites (tertiary alicyclic amines) is 1. The lowest BCUT2D eigenvalue weighted by Gasteiger charge is -2.29. The number of amides is 3. The number of carboxylic acids is 1. The predicted octanol–water partition coefficient (Wildman–Crippen LogP) is 1.50. The molecule has 1 heterocycles. The van der Waals surface area contributed by atoms with Crippen molar-refractivity contribution in [3.8, 4) is 0 Å². The van der Waals surface area contributed by atoms with E-state index in [0.29, 0.717) is 12.0 Å². The second-order valence-corrected chi connectivity index (χ2v) is 8.13. The first-order valence-corrected chi connectivity index (χ1v) is 10.6. The molecule has 2 rings (SSSR count). The van der Waals surface area contributed by atoms with E-state index in [-0.39, 0.29) is 24.8 Å². The molecule has 0 bridgehead atoms. The van der Waals surface area contributed by atoms with E-state index in [1.54, 1.807) is 26.0 Å². The number of carboxylic acid groups (broad SMARTS) is 1. The quantitative estimate of drug-likeness (QED) is 0.454. The third-order valence-electron chi connectivity index (χ3n) is 5.61. The lowest BCUT2D eigenvalue weighted by molar-refractivity contribution is -0.155. The van der Waals surface area contributed by atoms with Crippen molar-refractivity contribution in [3.63, 3.8) is 0 Å². The summed E-state index contributed by atoms with van der Waals surface area (Å²) in [4.78, 5) is 61.1. The zero-order valence-electron chi connectivity index (χ0n) is 18.6. The minimum absolute atomic E-state index is 0.0324. The number of alkyl halides is 3. The third-order valence-corrected chi connectivity index (χ3v) is 5.61. The summed E-state index contributed by atoms with van der Waals surface area (Å²) in [7, 11) is 0. The Labute approximate surface area is 193 Å². The van der Waals surface area contributed by atoms with E-state index in [2.05, 4.69) is 10.6 Å². The van der Waals surface area contributed by atoms with Crippen molar-refractivity contribution in [1.82, 2.24) is 15.5 Å². The monoisotopic (exact) mass is 485 g/mol. The van der Waals surface area contributed by atoms with Crippen LogP contribution in [0.3, 0.4) is 0 Å². The summed E-state index contributed by atoms with van der Waals surface area (Å²) in [6.07, 6.45) is -6.46. The van der Waals surface area contributed by atoms with E-state index < -0.39 is 60.8 Å². The number of hydrogen-bond donors (Lipinski definition) is 3. The highest BCUT2D eigenvalue weighted by Gasteiger charge is 2.42. The molecule has 3 amide bonds. The van der Waals surface area contributed by atoms with E-state index in [0.717, 1.165) is 10.5 Å². The van der Waals surface area contributed by atoms with Crippen LogP contribution in [0.15, 0.2) is 18.2 Å². The second-order valence-electron chi connectivity index (χ2n) is 8.13. The molecule has 1 aliphatic rings. The molecule has 186 valence electrons. The van der Waals surface area contributed by atoms with Gasteiger partial charge in [-0.25, -0.2) is 0 Å². The van der Waals surface area contributed by atoms with Gasteiger partial charge in [-0.2, -0.15) is 13.2 Å². The Morgan fingerprint density at radius 1 is 1.21 bits per heavy atom. The van der Waals surface area contributed by atoms with Crippen LogP contribution in [-0.4, -0.2) is 70.8 Å². The van der Waals surface area contributed by atoms with Crippen LogP contribution in [0.25, 0.3) is 0 Å². The molecule has 0 saturated carbocycles. The number of aliphatic carboxylic acids is 1. The van der Waals surface area contributed by atoms with Crippen LogP contribution in [0.4, 0.5) is 13.2 Å². The largest absolute Gasteiger partial charge is 0.481 e. The second kappa shape index (κ2) is 11.1. The number of rotatable bonds is 9. The van der Waals surface area contributed by atoms with Gasteiger partial charge in [-0.3, -0.25) is 19.2 Å². The Morgan fingerprint density at radius 2 is 1.88 bits per heavy atom. The van der Waals surface area contributed by atoms with Crippen molar-refractivity contribution in [2.45, 2.75) is 63.8 Å². The highest BCUT2D eigenvalue weighted by Crippen LogP contribution is 2.26. The van der Waals surface area contributed by atoms with Gasteiger partial charge in [-0.1, -0.05) is 12.1 Å². The molecule has 0 aliphatic carbocycles. The lowest BCUT2D eigenvalue weighted by Crippen LogP contribution is -2.55. The van der Waals surface area contributed by atoms with Gasteiger partial charge in [0.25, 0.3) is 5.91 Å². The van der Waals surface area contributed by atoms with Crippen molar-refractivity contribution < 1.29 is 42.3 Å². The molecular weight excluding hydrogens is 459 g/mol. The number of nitrogens with zero attached hydrogens (tertiary/aromatic N) is 1. The van der Waals surface area contributed by atoms with Gasteiger partial charge in [0.05, 0.1) is 18.9 Å². The predicted molar refractivity (Wildman–Crippen MR) is 113 cm³/mol. The lowest BCUT2D eigenvalue weighted by atomic mass is 10.0. The smallest absolute Gasteiger partial charge is 0.391 e. The number of aldehydes is 1. The molecule has 1 aliphatic heterocycles. The number of carbonyl (C=O) groups is 5. The first-order chi connectivity index (χ1) is 15.8. The van der Waals surface area contributed by atoms with Crippen molar-refractivity contribution >= 4 is 30.0 Å². The highest BCUT2D eigenvalue weighted by molar-refractivity contribution is 5.99. The fourth-order valence-corrected chi connectivity index (χ4v) is 3.77. The molecule has 12 heteroatoms. The average Bonchev–Trinajstić information content (AvgIpc) is 3.22. The van der Waals surface area contributed by atoms with Crippen molar-refractivity contribution in [2.75, 3.05) is 6.54 Å². The standard InChI is InChI=1S/C22H26F3N3O6/c1-12-5-3-6-15(13(12)2)19(32)27-16(10-22(23,24)25)21(34)28-8-4-7-17(28)20(33)26-14(11-29)9-18(30)31/h3,5-6,11,14,16-17H,4,7-10H2,1-2H3,(H,26,33)(H,27,32)(H,30,31)/t14-,16-,17-/m0/s1. The maximum Gasteiger partial charge on any atom is 0.391 e. The topological polar surface area (TPSA) is 133 Å². The van der Waals surface area contributed by atoms with E-state index in [9.17, 15) is 37.1 Å². The Balaban J connectivity index is 2.23. The molecule has 9 nitrogen and oxygen atoms in total. The fourth-order valence-electron chi connectivity index (χ4n) is 3.77. The van der Waals surface area contributed by atoms with Crippen molar-refractivity contribution in [3.05, 3.63) is 34.9 Å². The molecule has 1 aromatic rings. The van der Waals surface area contributed by atoms with E-state index in [4.69, 9.17) is 5.11 Å². The third kappa shape index (κ3) is 7.03. The zero-order chi connectivity index (χ0) is 25.6. The summed E-state index contributed by atoms with van der Waals surface area (Å²) in [5.74, 6) is -4.13. The normalized spacial score (nSPS) is 17.6. The maximum atomic E-state index is 13.2. The summed E-state index contributed by atoms with van der Waals surface area (Å²) in [6, 6.07) is 0.214. The minimum Gasteiger partial charge on any atom is -0.481 e. The summed E-state index contributed by atoms with van der Waals surface area (Å²) in [5, 5.41) is 13.2. The van der Waals surface area contributed by atoms with Gasteiger partial charge in [-0.15, -0.1) is 0 Å². The number of nitrogens with one attached hydrogen (secondary N) is 2. The van der Waals surface area contributed by atoms with Gasteiger partial charge in [0.1, 0.15) is 18.4 Å². The molecule has 3 atom stereocenters. The molecule has 1 fully saturated rings. The Kier molecular flexibility index (Phi) is 8.77. The van der Waals surface area contributed by atoms with E-state index >= 15 is 0 Å². The first kappa shape index (κ1) is 26.8. The van der Waals surface area contributed by atoms with Crippen LogP contribution in [0, 0.1) is 13.8 Å². The molecule has 34 heavy (non-hydrogen) atoms. The molecule has 0 aromatic heterocycles. The van der Waals surface area contributed by atoms with Crippen LogP contribution < -0.4 is 10.6 Å². The van der Waals surface area contributed by atoms with Gasteiger partial charge in [-0.05, 0) is 43.9 Å². The summed E-state index contributed by atoms with van der Waals surface area (Å²) in [5.41, 5.74) is 1.42. The minimum atomic E-state index is -4.78. The molecule has 1 saturated heterocycles. The van der Waals surface area contributed by atoms with Crippen LogP contribution in [0.2, 0.25) is 0 Å². The fraction of sp³-hybridized carbons (Fsp3) is 0.500. The van der Waals surface area contributed by atoms with E-state index in [1.165, 1.54) is 6.07 Å². The zero-order valence-corrected chi connectivity index (χ0v) is 18.6. The van der Waals surface area contributed by atoms with Crippen molar-refractivity contribution in [1.29, 1.82) is 0 Å². The van der Waals surface area contributed by atoms with Crippen LogP contribution in [0.5, 0.6) is 0 Å². The summed E-state index contributed by atoms with van der Waals surface area (Å²) >= 11 is 0. The van der Waals surface area contributed by atoms with Crippen LogP contribution in [-0.2, 0) is 19.2 Å². The molecule has 3 N–H and O–H groups in total. The maximum absolute atomic E-state index is 13.2. The number of aryl methyl sites for hydroxylation is 1. The number of halogens is 3. The van der Waals surface area contributed by atoms with Gasteiger partial charge >= 0.3 is 12.1 Å². The SMILES string of the molecule is Cc1cccc(C(=O)N[C@@H](CC(F)(F)F)C(=O)N2CCC[C@H]2C(=O)N[C@H](C=O)CC(=O)O)c1C. The Bertz CT molecular complexity index is 966. The number of hydrogen-bond acceptors (Lipinski definition) is 5. The van der Waals surface area contributed by atoms with Crippen molar-refractivity contribution in [2.24, 2.45) is 0 Å². The Morgan fingerprint density at radius 3 is 2.47 bits per heavy atom. The summed E-state index contributed by atoms with van der Waals surface area (Å²) in [6.45, 7) is 3.33. The van der Waals surface area contributed by atoms with Crippen LogP contribution >= 0.6 is 0 Å². The molecule has 0 radical (unpaired) electrons. The van der Waals surface area contributed by atoms with Gasteiger partial charge in [0.2, 0.25) is 11.8 Å². The first-order valence-electron chi connectivity index (χ1n) is 10.6. The van der Waals surface area contributed by atoms with Gasteiger partial charge in [0.15, 0.2) is 0 Å². The molecule has 0 spiro atoms. The van der Waals surface area contributed by atoms with Gasteiger partial charge in [0, 0.05) is 12.1 Å². The highest BCUT2D eigenvalue weighted by atomic mass is 19.4. The number of benzene rings is 1. The van der Waals surface area contributed by atoms with Gasteiger partial charge < -0.3 is 25.4 Å². The average molecular weight is 485 g/mol. The van der Waals surface area contributed by atoms with E-state index in [1.807, 2.05) is 0 Å². The number of carbonyl (C=O) groups excluding carboxylic acids is 4. The molecule has 1 aromatic carbocycles. The molecule has 0 unspecified atom stereocenters. The molecular formula is C22H26F3N3O6.